The molecule has 1 heterocycles. The Morgan fingerprint density at radius 2 is 1.52 bits per heavy atom. The largest absolute Gasteiger partial charge is 0.497 e. The molecule has 4 N–H and O–H groups in total. The number of ether oxygens (including phenoxy) is 3. The van der Waals surface area contributed by atoms with Gasteiger partial charge in [-0.05, 0) is 69.6 Å². The summed E-state index contributed by atoms with van der Waals surface area (Å²) in [6.07, 6.45) is 4.06. The number of sulfone groups is 1. The minimum atomic E-state index is -3.53. The van der Waals surface area contributed by atoms with Gasteiger partial charge in [-0.1, -0.05) is 46.5 Å². The molecule has 17 heteroatoms. The van der Waals surface area contributed by atoms with Crippen molar-refractivity contribution in [2.24, 2.45) is 29.4 Å². The van der Waals surface area contributed by atoms with E-state index in [-0.39, 0.29) is 49.0 Å². The van der Waals surface area contributed by atoms with Gasteiger partial charge in [0.2, 0.25) is 29.4 Å². The molecule has 0 spiro atoms. The standard InChI is InChI=1S/C44H68N4O12S/c1-10-14-28(40(52)35(49)17-18-37(51)46-38(41(45)53)29-19-30(58-7)22-31(20-29)59-8)21-36(50)34-23-32(60-44(4,5)6)24-48(34)43(55)39(27-15-12-11-13-16-27)47-42(54)33(26(2)3)25-61(9,56)57/h19-20,22,26-28,32-34,38-39H,10-18,21,23-25H2,1-9H3,(H2,45,53)(H,46,51)(H,47,54)/t28?,32-,33+,34+,38?,39+/m1/s1. The number of carbonyl (C=O) groups is 7. The molecule has 6 atom stereocenters. The highest BCUT2D eigenvalue weighted by atomic mass is 32.2. The number of primary amides is 1. The maximum absolute atomic E-state index is 14.7. The molecule has 1 saturated carbocycles. The summed E-state index contributed by atoms with van der Waals surface area (Å²) in [5.41, 5.74) is 5.27. The normalized spacial score (nSPS) is 19.3. The minimum Gasteiger partial charge on any atom is -0.497 e. The van der Waals surface area contributed by atoms with Crippen molar-refractivity contribution in [3.8, 4) is 11.5 Å². The van der Waals surface area contributed by atoms with E-state index in [0.717, 1.165) is 25.5 Å². The number of benzene rings is 1. The number of nitrogens with one attached hydrogen (secondary N) is 2. The van der Waals surface area contributed by atoms with Crippen molar-refractivity contribution >= 4 is 50.8 Å². The molecular weight excluding hydrogens is 809 g/mol. The summed E-state index contributed by atoms with van der Waals surface area (Å²) in [5, 5.41) is 5.44. The molecule has 1 aliphatic carbocycles. The third-order valence-corrected chi connectivity index (χ3v) is 12.3. The molecule has 1 saturated heterocycles. The Balaban J connectivity index is 1.83. The number of methoxy groups -OCH3 is 2. The second kappa shape index (κ2) is 22.6. The van der Waals surface area contributed by atoms with Crippen LogP contribution in [0.25, 0.3) is 0 Å². The van der Waals surface area contributed by atoms with E-state index >= 15 is 0 Å². The van der Waals surface area contributed by atoms with E-state index in [4.69, 9.17) is 19.9 Å². The molecule has 2 unspecified atom stereocenters. The Labute approximate surface area is 361 Å². The molecule has 0 radical (unpaired) electrons. The number of nitrogens with two attached hydrogens (primary N) is 1. The highest BCUT2D eigenvalue weighted by molar-refractivity contribution is 7.90. The van der Waals surface area contributed by atoms with E-state index in [1.807, 2.05) is 27.7 Å². The summed E-state index contributed by atoms with van der Waals surface area (Å²) in [7, 11) is -0.685. The fourth-order valence-corrected chi connectivity index (χ4v) is 9.48. The monoisotopic (exact) mass is 876 g/mol. The molecule has 61 heavy (non-hydrogen) atoms. The number of likely N-dealkylation sites (tertiary alicyclic amines) is 1. The number of hydrogen-bond donors (Lipinski definition) is 3. The van der Waals surface area contributed by atoms with Crippen molar-refractivity contribution in [1.82, 2.24) is 15.5 Å². The summed E-state index contributed by atoms with van der Waals surface area (Å²) in [4.78, 5) is 96.7. The second-order valence-corrected chi connectivity index (χ2v) is 20.1. The topological polar surface area (TPSA) is 235 Å². The third kappa shape index (κ3) is 15.5. The van der Waals surface area contributed by atoms with Crippen molar-refractivity contribution < 1.29 is 56.2 Å². The van der Waals surface area contributed by atoms with Crippen molar-refractivity contribution in [3.05, 3.63) is 23.8 Å². The Morgan fingerprint density at radius 1 is 0.918 bits per heavy atom. The van der Waals surface area contributed by atoms with Gasteiger partial charge in [-0.2, -0.15) is 0 Å². The second-order valence-electron chi connectivity index (χ2n) is 17.9. The Kier molecular flexibility index (Phi) is 18.9. The SMILES string of the molecule is CCCC(CC(=O)[C@@H]1C[C@@H](OC(C)(C)C)CN1C(=O)[C@@H](NC(=O)[C@@H](CS(C)(=O)=O)C(C)C)C1CCCCC1)C(=O)C(=O)CCC(=O)NC(C(N)=O)c1cc(OC)cc(OC)c1. The van der Waals surface area contributed by atoms with Crippen molar-refractivity contribution in [2.45, 2.75) is 142 Å². The van der Waals surface area contributed by atoms with Crippen LogP contribution in [-0.4, -0.2) is 111 Å². The van der Waals surface area contributed by atoms with Gasteiger partial charge in [0.1, 0.15) is 33.4 Å². The smallest absolute Gasteiger partial charge is 0.246 e. The number of hydrogen-bond acceptors (Lipinski definition) is 12. The summed E-state index contributed by atoms with van der Waals surface area (Å²) in [6.45, 7) is 11.0. The number of nitrogens with zero attached hydrogens (tertiary/aromatic N) is 1. The fourth-order valence-electron chi connectivity index (χ4n) is 8.30. The predicted molar refractivity (Wildman–Crippen MR) is 228 cm³/mol. The lowest BCUT2D eigenvalue weighted by Gasteiger charge is -2.36. The van der Waals surface area contributed by atoms with Gasteiger partial charge < -0.3 is 35.5 Å². The quantitative estimate of drug-likeness (QED) is 0.133. The molecule has 0 aromatic heterocycles. The van der Waals surface area contributed by atoms with E-state index in [9.17, 15) is 42.0 Å². The van der Waals surface area contributed by atoms with Gasteiger partial charge >= 0.3 is 0 Å². The molecular formula is C44H68N4O12S. The minimum absolute atomic E-state index is 0.0534. The first-order valence-electron chi connectivity index (χ1n) is 21.4. The number of ketones is 3. The van der Waals surface area contributed by atoms with E-state index in [1.54, 1.807) is 19.9 Å². The molecule has 2 fully saturated rings. The van der Waals surface area contributed by atoms with E-state index in [0.29, 0.717) is 30.8 Å². The molecule has 4 amide bonds. The van der Waals surface area contributed by atoms with Crippen LogP contribution in [-0.2, 0) is 48.1 Å². The number of Topliss-reactive ketones (excluding diaryl/α,β-unsaturated/α-hetero) is 3. The maximum Gasteiger partial charge on any atom is 0.246 e. The Hall–Kier alpha value is -4.38. The van der Waals surface area contributed by atoms with Crippen LogP contribution in [0.4, 0.5) is 0 Å². The molecule has 1 aromatic rings. The van der Waals surface area contributed by atoms with E-state index in [2.05, 4.69) is 10.6 Å². The highest BCUT2D eigenvalue weighted by Crippen LogP contribution is 2.33. The van der Waals surface area contributed by atoms with Crippen LogP contribution in [0.2, 0.25) is 0 Å². The van der Waals surface area contributed by atoms with Crippen LogP contribution < -0.4 is 25.8 Å². The number of amides is 4. The molecule has 16 nitrogen and oxygen atoms in total. The van der Waals surface area contributed by atoms with E-state index in [1.165, 1.54) is 31.3 Å². The summed E-state index contributed by atoms with van der Waals surface area (Å²) in [5.74, 6) is -6.87. The number of rotatable bonds is 23. The van der Waals surface area contributed by atoms with Gasteiger partial charge in [0.15, 0.2) is 11.6 Å². The Morgan fingerprint density at radius 3 is 2.03 bits per heavy atom. The van der Waals surface area contributed by atoms with Gasteiger partial charge in [0, 0.05) is 50.5 Å². The average Bonchev–Trinajstić information content (AvgIpc) is 3.61. The third-order valence-electron chi connectivity index (χ3n) is 11.4. The zero-order valence-electron chi connectivity index (χ0n) is 37.4. The highest BCUT2D eigenvalue weighted by Gasteiger charge is 2.46. The zero-order chi connectivity index (χ0) is 45.8. The summed E-state index contributed by atoms with van der Waals surface area (Å²) >= 11 is 0. The van der Waals surface area contributed by atoms with Crippen LogP contribution >= 0.6 is 0 Å². The first-order valence-corrected chi connectivity index (χ1v) is 23.4. The lowest BCUT2D eigenvalue weighted by molar-refractivity contribution is -0.144. The van der Waals surface area contributed by atoms with Gasteiger partial charge in [0.05, 0.1) is 43.6 Å². The van der Waals surface area contributed by atoms with Gasteiger partial charge in [-0.25, -0.2) is 8.42 Å². The first kappa shape index (κ1) is 51.0. The average molecular weight is 877 g/mol. The zero-order valence-corrected chi connectivity index (χ0v) is 38.2. The van der Waals surface area contributed by atoms with Gasteiger partial charge in [-0.15, -0.1) is 0 Å². The molecule has 1 aliphatic heterocycles. The fraction of sp³-hybridized carbons (Fsp3) is 0.705. The van der Waals surface area contributed by atoms with Crippen molar-refractivity contribution in [3.63, 3.8) is 0 Å². The first-order chi connectivity index (χ1) is 28.5. The van der Waals surface area contributed by atoms with Crippen LogP contribution in [0, 0.1) is 23.7 Å². The molecule has 1 aromatic carbocycles. The molecule has 0 bridgehead atoms. The maximum atomic E-state index is 14.7. The van der Waals surface area contributed by atoms with Gasteiger partial charge in [0.25, 0.3) is 0 Å². The molecule has 2 aliphatic rings. The lowest BCUT2D eigenvalue weighted by atomic mass is 9.82. The molecule has 3 rings (SSSR count). The van der Waals surface area contributed by atoms with Crippen LogP contribution in [0.15, 0.2) is 18.2 Å². The molecule has 342 valence electrons. The van der Waals surface area contributed by atoms with Crippen LogP contribution in [0.5, 0.6) is 11.5 Å². The Bertz CT molecular complexity index is 1830. The predicted octanol–water partition coefficient (Wildman–Crippen LogP) is 3.81. The van der Waals surface area contributed by atoms with Crippen LogP contribution in [0.1, 0.15) is 124 Å². The van der Waals surface area contributed by atoms with Crippen molar-refractivity contribution in [1.29, 1.82) is 0 Å². The van der Waals surface area contributed by atoms with Crippen LogP contribution in [0.3, 0.4) is 0 Å². The summed E-state index contributed by atoms with van der Waals surface area (Å²) in [6, 6.07) is 1.27. The van der Waals surface area contributed by atoms with Crippen molar-refractivity contribution in [2.75, 3.05) is 32.8 Å². The number of carbonyl (C=O) groups excluding carboxylic acids is 7. The van der Waals surface area contributed by atoms with Gasteiger partial charge in [-0.3, -0.25) is 33.6 Å². The lowest BCUT2D eigenvalue weighted by Crippen LogP contribution is -2.56. The summed E-state index contributed by atoms with van der Waals surface area (Å²) < 4.78 is 41.4. The van der Waals surface area contributed by atoms with E-state index < -0.39 is 105 Å².